The van der Waals surface area contributed by atoms with Crippen molar-refractivity contribution in [2.75, 3.05) is 18.8 Å². The zero-order chi connectivity index (χ0) is 18.9. The van der Waals surface area contributed by atoms with Gasteiger partial charge in [-0.15, -0.1) is 0 Å². The maximum absolute atomic E-state index is 12.9. The molecule has 0 radical (unpaired) electrons. The molecule has 0 aromatic carbocycles. The number of carbonyl (C=O) groups is 1. The summed E-state index contributed by atoms with van der Waals surface area (Å²) >= 11 is 0. The van der Waals surface area contributed by atoms with E-state index in [1.165, 1.54) is 0 Å². The van der Waals surface area contributed by atoms with E-state index in [0.29, 0.717) is 12.8 Å². The summed E-state index contributed by atoms with van der Waals surface area (Å²) in [5.74, 6) is -0.208. The van der Waals surface area contributed by atoms with Crippen LogP contribution in [0.2, 0.25) is 0 Å². The lowest BCUT2D eigenvalue weighted by atomic mass is 9.70. The van der Waals surface area contributed by atoms with Crippen molar-refractivity contribution in [3.8, 4) is 0 Å². The van der Waals surface area contributed by atoms with E-state index in [9.17, 15) is 31.5 Å². The lowest BCUT2D eigenvalue weighted by molar-refractivity contribution is -0.270. The van der Waals surface area contributed by atoms with Crippen molar-refractivity contribution in [3.63, 3.8) is 0 Å². The number of hydrogen-bond donors (Lipinski definition) is 1. The molecule has 2 aliphatic carbocycles. The first kappa shape index (κ1) is 19.1. The molecule has 1 aliphatic heterocycles. The SMILES string of the molecule is CC1(C)[C@H]2CC[C@@]1(CS(=O)(=O)N1CCC(O)(C(F)(F)F)CC1)C(=O)C2. The van der Waals surface area contributed by atoms with Crippen molar-refractivity contribution < 1.29 is 31.5 Å². The molecule has 3 aliphatic rings. The molecule has 1 saturated heterocycles. The van der Waals surface area contributed by atoms with E-state index in [1.54, 1.807) is 0 Å². The first-order valence-corrected chi connectivity index (χ1v) is 10.2. The summed E-state index contributed by atoms with van der Waals surface area (Å²) in [5, 5.41) is 9.70. The second-order valence-corrected chi connectivity index (χ2v) is 10.3. The van der Waals surface area contributed by atoms with E-state index in [4.69, 9.17) is 0 Å². The summed E-state index contributed by atoms with van der Waals surface area (Å²) < 4.78 is 65.3. The van der Waals surface area contributed by atoms with Gasteiger partial charge in [-0.1, -0.05) is 13.8 Å². The van der Waals surface area contributed by atoms with Gasteiger partial charge >= 0.3 is 6.18 Å². The monoisotopic (exact) mass is 383 g/mol. The third-order valence-electron chi connectivity index (χ3n) is 7.04. The molecule has 1 N–H and O–H groups in total. The maximum atomic E-state index is 12.9. The van der Waals surface area contributed by atoms with E-state index in [1.807, 2.05) is 13.8 Å². The van der Waals surface area contributed by atoms with Gasteiger partial charge in [0.25, 0.3) is 0 Å². The van der Waals surface area contributed by atoms with E-state index < -0.39 is 45.5 Å². The van der Waals surface area contributed by atoms with Gasteiger partial charge in [0.2, 0.25) is 10.0 Å². The van der Waals surface area contributed by atoms with Gasteiger partial charge in [-0.2, -0.15) is 13.2 Å². The molecule has 0 aromatic rings. The standard InChI is InChI=1S/C16H24F3NO4S/c1-13(2)11-3-4-14(13,12(21)9-11)10-25(23,24)20-7-5-15(22,6-8-20)16(17,18)19/h11,22H,3-10H2,1-2H3/t11-,14+/m0/s1. The first-order chi connectivity index (χ1) is 11.3. The van der Waals surface area contributed by atoms with Crippen molar-refractivity contribution in [1.29, 1.82) is 0 Å². The van der Waals surface area contributed by atoms with Crippen molar-refractivity contribution in [2.45, 2.75) is 57.7 Å². The van der Waals surface area contributed by atoms with Gasteiger partial charge in [0.05, 0.1) is 5.75 Å². The van der Waals surface area contributed by atoms with E-state index in [0.717, 1.165) is 10.7 Å². The minimum Gasteiger partial charge on any atom is -0.380 e. The lowest BCUT2D eigenvalue weighted by Crippen LogP contribution is -2.56. The number of fused-ring (bicyclic) bond motifs is 2. The summed E-state index contributed by atoms with van der Waals surface area (Å²) in [6.07, 6.45) is -4.42. The highest BCUT2D eigenvalue weighted by molar-refractivity contribution is 7.89. The van der Waals surface area contributed by atoms with E-state index in [2.05, 4.69) is 0 Å². The van der Waals surface area contributed by atoms with Gasteiger partial charge in [0.15, 0.2) is 5.60 Å². The van der Waals surface area contributed by atoms with E-state index >= 15 is 0 Å². The summed E-state index contributed by atoms with van der Waals surface area (Å²) in [6.45, 7) is 3.08. The molecule has 144 valence electrons. The Kier molecular flexibility index (Phi) is 4.14. The van der Waals surface area contributed by atoms with Crippen LogP contribution >= 0.6 is 0 Å². The smallest absolute Gasteiger partial charge is 0.380 e. The van der Waals surface area contributed by atoms with Crippen LogP contribution in [0, 0.1) is 16.7 Å². The predicted octanol–water partition coefficient (Wildman–Crippen LogP) is 2.10. The van der Waals surface area contributed by atoms with Crippen LogP contribution in [0.15, 0.2) is 0 Å². The molecule has 5 nitrogen and oxygen atoms in total. The molecular weight excluding hydrogens is 359 g/mol. The fourth-order valence-electron chi connectivity index (χ4n) is 4.93. The van der Waals surface area contributed by atoms with Crippen molar-refractivity contribution in [2.24, 2.45) is 16.7 Å². The average molecular weight is 383 g/mol. The Bertz CT molecular complexity index is 680. The molecule has 0 aromatic heterocycles. The quantitative estimate of drug-likeness (QED) is 0.810. The number of carbonyl (C=O) groups excluding carboxylic acids is 1. The summed E-state index contributed by atoms with van der Waals surface area (Å²) in [5.41, 5.74) is -4.19. The number of hydrogen-bond acceptors (Lipinski definition) is 4. The van der Waals surface area contributed by atoms with Crippen LogP contribution < -0.4 is 0 Å². The molecule has 1 heterocycles. The van der Waals surface area contributed by atoms with Gasteiger partial charge in [0, 0.05) is 24.9 Å². The Morgan fingerprint density at radius 3 is 2.16 bits per heavy atom. The highest BCUT2D eigenvalue weighted by atomic mass is 32.2. The number of nitrogens with zero attached hydrogens (tertiary/aromatic N) is 1. The predicted molar refractivity (Wildman–Crippen MR) is 84.2 cm³/mol. The third kappa shape index (κ3) is 2.65. The Morgan fingerprint density at radius 1 is 1.20 bits per heavy atom. The highest BCUT2D eigenvalue weighted by Gasteiger charge is 2.66. The molecule has 3 fully saturated rings. The topological polar surface area (TPSA) is 74.7 Å². The zero-order valence-corrected chi connectivity index (χ0v) is 15.2. The van der Waals surface area contributed by atoms with Gasteiger partial charge in [0.1, 0.15) is 5.78 Å². The lowest BCUT2D eigenvalue weighted by Gasteiger charge is -2.41. The summed E-state index contributed by atoms with van der Waals surface area (Å²) in [6, 6.07) is 0. The molecular formula is C16H24F3NO4S. The largest absolute Gasteiger partial charge is 0.417 e. The average Bonchev–Trinajstić information content (AvgIpc) is 2.80. The highest BCUT2D eigenvalue weighted by Crippen LogP contribution is 2.64. The number of Topliss-reactive ketones (excluding diaryl/α,β-unsaturated/α-hetero) is 1. The molecule has 2 bridgehead atoms. The fraction of sp³-hybridized carbons (Fsp3) is 0.938. The molecule has 2 atom stereocenters. The van der Waals surface area contributed by atoms with Gasteiger partial charge in [-0.05, 0) is 37.0 Å². The Balaban J connectivity index is 1.77. The maximum Gasteiger partial charge on any atom is 0.417 e. The molecule has 9 heteroatoms. The van der Waals surface area contributed by atoms with Crippen LogP contribution in [-0.2, 0) is 14.8 Å². The van der Waals surface area contributed by atoms with Crippen LogP contribution in [0.1, 0.15) is 46.0 Å². The number of piperidine rings is 1. The molecule has 25 heavy (non-hydrogen) atoms. The molecule has 2 saturated carbocycles. The number of aliphatic hydroxyl groups is 1. The first-order valence-electron chi connectivity index (χ1n) is 8.55. The zero-order valence-electron chi connectivity index (χ0n) is 14.4. The summed E-state index contributed by atoms with van der Waals surface area (Å²) in [7, 11) is -3.88. The molecule has 0 amide bonds. The van der Waals surface area contributed by atoms with Crippen molar-refractivity contribution >= 4 is 15.8 Å². The molecule has 0 spiro atoms. The van der Waals surface area contributed by atoms with Gasteiger partial charge in [-0.25, -0.2) is 12.7 Å². The van der Waals surface area contributed by atoms with Crippen molar-refractivity contribution in [3.05, 3.63) is 0 Å². The normalized spacial score (nSPS) is 35.3. The minimum atomic E-state index is -4.77. The number of rotatable bonds is 3. The van der Waals surface area contributed by atoms with Crippen LogP contribution in [0.4, 0.5) is 13.2 Å². The molecule has 3 rings (SSSR count). The van der Waals surface area contributed by atoms with Crippen LogP contribution in [-0.4, -0.2) is 54.2 Å². The van der Waals surface area contributed by atoms with Crippen LogP contribution in [0.25, 0.3) is 0 Å². The summed E-state index contributed by atoms with van der Waals surface area (Å²) in [4.78, 5) is 12.5. The Labute approximate surface area is 145 Å². The number of ketones is 1. The minimum absolute atomic E-state index is 0.0406. The number of alkyl halides is 3. The van der Waals surface area contributed by atoms with Crippen LogP contribution in [0.5, 0.6) is 0 Å². The fourth-order valence-corrected chi connectivity index (χ4v) is 7.15. The Morgan fingerprint density at radius 2 is 1.76 bits per heavy atom. The van der Waals surface area contributed by atoms with Gasteiger partial charge in [-0.3, -0.25) is 4.79 Å². The molecule has 0 unspecified atom stereocenters. The van der Waals surface area contributed by atoms with Gasteiger partial charge < -0.3 is 5.11 Å². The second kappa shape index (κ2) is 5.42. The van der Waals surface area contributed by atoms with Crippen molar-refractivity contribution in [1.82, 2.24) is 4.31 Å². The van der Waals surface area contributed by atoms with Crippen LogP contribution in [0.3, 0.4) is 0 Å². The number of halogens is 3. The van der Waals surface area contributed by atoms with E-state index in [-0.39, 0.29) is 30.5 Å². The second-order valence-electron chi connectivity index (χ2n) is 8.35. The number of sulfonamides is 1. The Hall–Kier alpha value is -0.670. The third-order valence-corrected chi connectivity index (χ3v) is 9.05.